The Morgan fingerprint density at radius 1 is 1.40 bits per heavy atom. The number of benzene rings is 1. The van der Waals surface area contributed by atoms with Crippen LogP contribution in [0.5, 0.6) is 0 Å². The summed E-state index contributed by atoms with van der Waals surface area (Å²) in [6, 6.07) is 2.58. The van der Waals surface area contributed by atoms with Crippen molar-refractivity contribution in [1.82, 2.24) is 4.72 Å². The summed E-state index contributed by atoms with van der Waals surface area (Å²) in [6.07, 6.45) is 1.94. The quantitative estimate of drug-likeness (QED) is 0.864. The van der Waals surface area contributed by atoms with Crippen LogP contribution in [0.2, 0.25) is 5.02 Å². The zero-order valence-corrected chi connectivity index (χ0v) is 13.2. The molecule has 0 aliphatic heterocycles. The predicted molar refractivity (Wildman–Crippen MR) is 77.8 cm³/mol. The number of hydrogen-bond acceptors (Lipinski definition) is 2. The van der Waals surface area contributed by atoms with Crippen LogP contribution in [0.15, 0.2) is 17.0 Å². The first-order valence-electron chi connectivity index (χ1n) is 6.42. The average Bonchev–Trinajstić information content (AvgIpc) is 3.10. The number of Topliss-reactive ketones (excluding diaryl/α,β-unsaturated/α-hetero) is 1. The molecule has 20 heavy (non-hydrogen) atoms. The van der Waals surface area contributed by atoms with E-state index in [1.807, 2.05) is 0 Å². The minimum atomic E-state index is -1.53. The summed E-state index contributed by atoms with van der Waals surface area (Å²) in [6.45, 7) is 5.13. The van der Waals surface area contributed by atoms with Crippen LogP contribution in [-0.4, -0.2) is 16.0 Å². The molecule has 1 aromatic rings. The van der Waals surface area contributed by atoms with E-state index < -0.39 is 22.2 Å². The van der Waals surface area contributed by atoms with Gasteiger partial charge in [0.25, 0.3) is 0 Å². The van der Waals surface area contributed by atoms with Gasteiger partial charge < -0.3 is 0 Å². The van der Waals surface area contributed by atoms with Crippen LogP contribution in [0.4, 0.5) is 4.39 Å². The van der Waals surface area contributed by atoms with E-state index in [1.54, 1.807) is 20.8 Å². The highest BCUT2D eigenvalue weighted by Crippen LogP contribution is 2.29. The van der Waals surface area contributed by atoms with Crippen LogP contribution < -0.4 is 4.72 Å². The van der Waals surface area contributed by atoms with Gasteiger partial charge in [-0.05, 0) is 25.0 Å². The fourth-order valence-electron chi connectivity index (χ4n) is 1.67. The monoisotopic (exact) mass is 317 g/mol. The highest BCUT2D eigenvalue weighted by atomic mass is 35.5. The normalized spacial score (nSPS) is 17.1. The number of hydrogen-bond donors (Lipinski definition) is 1. The van der Waals surface area contributed by atoms with Crippen molar-refractivity contribution in [2.75, 3.05) is 0 Å². The fraction of sp³-hybridized carbons (Fsp3) is 0.500. The predicted octanol–water partition coefficient (Wildman–Crippen LogP) is 3.48. The Bertz CT molecular complexity index is 579. The molecule has 2 rings (SSSR count). The number of rotatable bonds is 4. The summed E-state index contributed by atoms with van der Waals surface area (Å²) in [4.78, 5) is 12.5. The number of nitrogens with one attached hydrogen (secondary N) is 1. The lowest BCUT2D eigenvalue weighted by atomic mass is 9.86. The number of carbonyl (C=O) groups is 1. The second kappa shape index (κ2) is 5.54. The molecule has 0 bridgehead atoms. The molecule has 6 heteroatoms. The first kappa shape index (κ1) is 15.6. The van der Waals surface area contributed by atoms with E-state index in [-0.39, 0.29) is 27.3 Å². The van der Waals surface area contributed by atoms with E-state index in [0.29, 0.717) is 0 Å². The average molecular weight is 318 g/mol. The zero-order valence-electron chi connectivity index (χ0n) is 11.6. The summed E-state index contributed by atoms with van der Waals surface area (Å²) in [7, 11) is -1.53. The smallest absolute Gasteiger partial charge is 0.171 e. The molecule has 1 aliphatic rings. The van der Waals surface area contributed by atoms with E-state index in [1.165, 1.54) is 6.07 Å². The van der Waals surface area contributed by atoms with E-state index in [0.717, 1.165) is 18.9 Å². The van der Waals surface area contributed by atoms with Gasteiger partial charge in [0.05, 0.1) is 15.5 Å². The SMILES string of the molecule is CC(C)(C)C(=O)c1cc(S(=O)NC2CC2)c(Cl)cc1F. The summed E-state index contributed by atoms with van der Waals surface area (Å²) in [5.41, 5.74) is -0.778. The zero-order chi connectivity index (χ0) is 15.1. The van der Waals surface area contributed by atoms with Crippen molar-refractivity contribution in [3.8, 4) is 0 Å². The maximum absolute atomic E-state index is 13.9. The summed E-state index contributed by atoms with van der Waals surface area (Å²) < 4.78 is 28.9. The molecular weight excluding hydrogens is 301 g/mol. The molecule has 3 nitrogen and oxygen atoms in total. The molecule has 0 saturated heterocycles. The van der Waals surface area contributed by atoms with Crippen molar-refractivity contribution in [2.45, 2.75) is 44.6 Å². The molecule has 110 valence electrons. The molecule has 0 heterocycles. The molecule has 0 spiro atoms. The largest absolute Gasteiger partial charge is 0.293 e. The molecule has 1 atom stereocenters. The van der Waals surface area contributed by atoms with Crippen molar-refractivity contribution < 1.29 is 13.4 Å². The van der Waals surface area contributed by atoms with E-state index in [9.17, 15) is 13.4 Å². The highest BCUT2D eigenvalue weighted by Gasteiger charge is 2.29. The van der Waals surface area contributed by atoms with Crippen LogP contribution in [0.25, 0.3) is 0 Å². The van der Waals surface area contributed by atoms with Gasteiger partial charge in [0, 0.05) is 11.5 Å². The van der Waals surface area contributed by atoms with Crippen LogP contribution in [-0.2, 0) is 11.0 Å². The second-order valence-electron chi connectivity index (χ2n) is 6.00. The van der Waals surface area contributed by atoms with Gasteiger partial charge in [0.2, 0.25) is 0 Å². The van der Waals surface area contributed by atoms with Gasteiger partial charge >= 0.3 is 0 Å². The summed E-state index contributed by atoms with van der Waals surface area (Å²) in [5, 5.41) is 0.0689. The number of carbonyl (C=O) groups excluding carboxylic acids is 1. The molecule has 0 radical (unpaired) electrons. The van der Waals surface area contributed by atoms with Crippen molar-refractivity contribution in [3.05, 3.63) is 28.5 Å². The summed E-state index contributed by atoms with van der Waals surface area (Å²) in [5.74, 6) is -1.02. The minimum Gasteiger partial charge on any atom is -0.293 e. The number of ketones is 1. The van der Waals surface area contributed by atoms with Crippen molar-refractivity contribution in [2.24, 2.45) is 5.41 Å². The second-order valence-corrected chi connectivity index (χ2v) is 7.62. The van der Waals surface area contributed by atoms with Gasteiger partial charge in [-0.3, -0.25) is 4.79 Å². The summed E-state index contributed by atoms with van der Waals surface area (Å²) >= 11 is 5.93. The van der Waals surface area contributed by atoms with Crippen molar-refractivity contribution in [1.29, 1.82) is 0 Å². The Hall–Kier alpha value is -0.780. The molecule has 1 N–H and O–H groups in total. The Morgan fingerprint density at radius 3 is 2.50 bits per heavy atom. The van der Waals surface area contributed by atoms with Crippen LogP contribution in [0.1, 0.15) is 44.0 Å². The highest BCUT2D eigenvalue weighted by molar-refractivity contribution is 7.83. The van der Waals surface area contributed by atoms with E-state index in [2.05, 4.69) is 4.72 Å². The molecule has 0 aromatic heterocycles. The van der Waals surface area contributed by atoms with Crippen LogP contribution >= 0.6 is 11.6 Å². The third kappa shape index (κ3) is 3.45. The molecule has 1 aliphatic carbocycles. The Labute approximate surface area is 125 Å². The Kier molecular flexibility index (Phi) is 4.33. The number of halogens is 2. The van der Waals surface area contributed by atoms with E-state index >= 15 is 0 Å². The Balaban J connectivity index is 2.38. The third-order valence-electron chi connectivity index (χ3n) is 3.00. The first-order valence-corrected chi connectivity index (χ1v) is 7.94. The van der Waals surface area contributed by atoms with Gasteiger partial charge in [0.15, 0.2) is 5.78 Å². The van der Waals surface area contributed by atoms with Crippen LogP contribution in [0.3, 0.4) is 0 Å². The van der Waals surface area contributed by atoms with Crippen molar-refractivity contribution in [3.63, 3.8) is 0 Å². The minimum absolute atomic E-state index is 0.0668. The lowest BCUT2D eigenvalue weighted by molar-refractivity contribution is 0.0853. The molecular formula is C14H17ClFNO2S. The topological polar surface area (TPSA) is 46.2 Å². The standard InChI is InChI=1S/C14H17ClFNO2S/c1-14(2,3)13(18)9-6-12(10(15)7-11(9)16)20(19)17-8-4-5-8/h6-8,17H,4-5H2,1-3H3. The molecule has 1 saturated carbocycles. The molecule has 1 fully saturated rings. The molecule has 0 amide bonds. The maximum Gasteiger partial charge on any atom is 0.171 e. The van der Waals surface area contributed by atoms with Crippen molar-refractivity contribution >= 4 is 28.4 Å². The van der Waals surface area contributed by atoms with Gasteiger partial charge in [-0.2, -0.15) is 0 Å². The third-order valence-corrected chi connectivity index (χ3v) is 4.71. The fourth-order valence-corrected chi connectivity index (χ4v) is 3.15. The Morgan fingerprint density at radius 2 is 2.00 bits per heavy atom. The lowest BCUT2D eigenvalue weighted by Gasteiger charge is -2.18. The maximum atomic E-state index is 13.9. The van der Waals surface area contributed by atoms with Crippen LogP contribution in [0, 0.1) is 11.2 Å². The van der Waals surface area contributed by atoms with Gasteiger partial charge in [-0.25, -0.2) is 13.3 Å². The molecule has 1 unspecified atom stereocenters. The van der Waals surface area contributed by atoms with Gasteiger partial charge in [-0.1, -0.05) is 32.4 Å². The molecule has 1 aromatic carbocycles. The first-order chi connectivity index (χ1) is 9.20. The van der Waals surface area contributed by atoms with Gasteiger partial charge in [0.1, 0.15) is 16.8 Å². The van der Waals surface area contributed by atoms with Gasteiger partial charge in [-0.15, -0.1) is 0 Å². The lowest BCUT2D eigenvalue weighted by Crippen LogP contribution is -2.23. The van der Waals surface area contributed by atoms with E-state index in [4.69, 9.17) is 11.6 Å².